The first-order valence-electron chi connectivity index (χ1n) is 8.71. The van der Waals surface area contributed by atoms with Crippen LogP contribution in [-0.2, 0) is 16.1 Å². The van der Waals surface area contributed by atoms with E-state index in [9.17, 15) is 24.1 Å². The van der Waals surface area contributed by atoms with Crippen molar-refractivity contribution in [1.82, 2.24) is 5.32 Å². The highest BCUT2D eigenvalue weighted by molar-refractivity contribution is 7.15. The molecule has 2 heterocycles. The molecule has 29 heavy (non-hydrogen) atoms. The molecule has 1 aromatic heterocycles. The molecule has 1 aromatic carbocycles. The lowest BCUT2D eigenvalue weighted by Crippen LogP contribution is -2.33. The Bertz CT molecular complexity index is 950. The molecule has 2 aromatic rings. The van der Waals surface area contributed by atoms with Crippen LogP contribution in [0, 0.1) is 15.9 Å². The summed E-state index contributed by atoms with van der Waals surface area (Å²) in [7, 11) is 1.68. The number of ether oxygens (including phenoxy) is 1. The first-order chi connectivity index (χ1) is 13.7. The molecule has 0 radical (unpaired) electrons. The molecule has 0 unspecified atom stereocenters. The van der Waals surface area contributed by atoms with E-state index < -0.39 is 22.9 Å². The van der Waals surface area contributed by atoms with E-state index >= 15 is 0 Å². The van der Waals surface area contributed by atoms with E-state index in [1.807, 2.05) is 0 Å². The van der Waals surface area contributed by atoms with Gasteiger partial charge in [0, 0.05) is 24.9 Å². The molecular weight excluding hydrogens is 403 g/mol. The molecule has 0 aliphatic carbocycles. The standard InChI is InChI=1S/C18H19FN4O5S/c1-11(24)20-8-13-9-22(18(25)28-13)12-3-5-16(15(19)7-12)21(2)10-14-4-6-17(29-14)23(26)27/h3-7,13H,8-10H2,1-2H3,(H,20,24)/t13-/m0/s1. The second kappa shape index (κ2) is 8.43. The maximum atomic E-state index is 14.7. The van der Waals surface area contributed by atoms with Crippen LogP contribution in [0.5, 0.6) is 0 Å². The first-order valence-corrected chi connectivity index (χ1v) is 9.52. The van der Waals surface area contributed by atoms with Gasteiger partial charge < -0.3 is 15.0 Å². The van der Waals surface area contributed by atoms with Crippen LogP contribution < -0.4 is 15.1 Å². The molecule has 1 aliphatic rings. The molecule has 1 atom stereocenters. The van der Waals surface area contributed by atoms with Crippen LogP contribution in [0.15, 0.2) is 30.3 Å². The molecule has 1 N–H and O–H groups in total. The largest absolute Gasteiger partial charge is 0.442 e. The van der Waals surface area contributed by atoms with Gasteiger partial charge in [0.05, 0.1) is 35.9 Å². The normalized spacial score (nSPS) is 15.9. The summed E-state index contributed by atoms with van der Waals surface area (Å²) in [6, 6.07) is 7.45. The summed E-state index contributed by atoms with van der Waals surface area (Å²) in [5, 5.41) is 13.4. The highest BCUT2D eigenvalue weighted by atomic mass is 32.1. The lowest BCUT2D eigenvalue weighted by atomic mass is 10.2. The minimum Gasteiger partial charge on any atom is -0.442 e. The highest BCUT2D eigenvalue weighted by Crippen LogP contribution is 2.30. The van der Waals surface area contributed by atoms with Crippen LogP contribution in [-0.4, -0.2) is 43.2 Å². The van der Waals surface area contributed by atoms with Crippen molar-refractivity contribution >= 4 is 39.7 Å². The van der Waals surface area contributed by atoms with E-state index in [1.54, 1.807) is 30.1 Å². The van der Waals surface area contributed by atoms with Crippen LogP contribution in [0.1, 0.15) is 11.8 Å². The van der Waals surface area contributed by atoms with Crippen molar-refractivity contribution in [2.75, 3.05) is 29.9 Å². The van der Waals surface area contributed by atoms with Crippen molar-refractivity contribution < 1.29 is 23.6 Å². The average molecular weight is 422 g/mol. The number of nitro groups is 1. The zero-order chi connectivity index (χ0) is 21.1. The molecular formula is C18H19FN4O5S. The predicted octanol–water partition coefficient (Wildman–Crippen LogP) is 2.89. The fourth-order valence-corrected chi connectivity index (χ4v) is 3.81. The van der Waals surface area contributed by atoms with Gasteiger partial charge in [0.1, 0.15) is 11.9 Å². The van der Waals surface area contributed by atoms with Gasteiger partial charge >= 0.3 is 11.1 Å². The molecule has 3 rings (SSSR count). The summed E-state index contributed by atoms with van der Waals surface area (Å²) in [5.41, 5.74) is 0.647. The highest BCUT2D eigenvalue weighted by Gasteiger charge is 2.32. The van der Waals surface area contributed by atoms with Gasteiger partial charge in [-0.25, -0.2) is 9.18 Å². The molecule has 1 fully saturated rings. The molecule has 154 valence electrons. The van der Waals surface area contributed by atoms with Crippen molar-refractivity contribution in [2.45, 2.75) is 19.6 Å². The van der Waals surface area contributed by atoms with Crippen molar-refractivity contribution in [1.29, 1.82) is 0 Å². The average Bonchev–Trinajstić information content (AvgIpc) is 3.26. The topological polar surface area (TPSA) is 105 Å². The molecule has 11 heteroatoms. The fourth-order valence-electron chi connectivity index (χ4n) is 2.94. The lowest BCUT2D eigenvalue weighted by molar-refractivity contribution is -0.380. The van der Waals surface area contributed by atoms with Gasteiger partial charge in [0.25, 0.3) is 0 Å². The predicted molar refractivity (Wildman–Crippen MR) is 106 cm³/mol. The number of hydrogen-bond acceptors (Lipinski definition) is 7. The maximum absolute atomic E-state index is 14.7. The molecule has 0 saturated carbocycles. The number of anilines is 2. The number of hydrogen-bond donors (Lipinski definition) is 1. The number of rotatable bonds is 7. The summed E-state index contributed by atoms with van der Waals surface area (Å²) in [4.78, 5) is 37.1. The van der Waals surface area contributed by atoms with E-state index in [0.29, 0.717) is 17.9 Å². The molecule has 2 amide bonds. The smallest absolute Gasteiger partial charge is 0.414 e. The monoisotopic (exact) mass is 422 g/mol. The SMILES string of the molecule is CC(=O)NC[C@H]1CN(c2ccc(N(C)Cc3ccc([N+](=O)[O-])s3)c(F)c2)C(=O)O1. The summed E-state index contributed by atoms with van der Waals surface area (Å²) in [5.74, 6) is -0.761. The molecule has 1 aliphatic heterocycles. The third-order valence-electron chi connectivity index (χ3n) is 4.33. The maximum Gasteiger partial charge on any atom is 0.414 e. The van der Waals surface area contributed by atoms with Crippen LogP contribution in [0.25, 0.3) is 0 Å². The minimum absolute atomic E-state index is 0.0329. The van der Waals surface area contributed by atoms with Crippen LogP contribution >= 0.6 is 11.3 Å². The van der Waals surface area contributed by atoms with Crippen LogP contribution in [0.3, 0.4) is 0 Å². The van der Waals surface area contributed by atoms with E-state index in [0.717, 1.165) is 16.2 Å². The number of halogens is 1. The fraction of sp³-hybridized carbons (Fsp3) is 0.333. The number of nitrogens with zero attached hydrogens (tertiary/aromatic N) is 3. The van der Waals surface area contributed by atoms with Gasteiger partial charge in [0.15, 0.2) is 0 Å². The summed E-state index contributed by atoms with van der Waals surface area (Å²) in [6.07, 6.45) is -1.11. The lowest BCUT2D eigenvalue weighted by Gasteiger charge is -2.21. The van der Waals surface area contributed by atoms with E-state index in [1.165, 1.54) is 24.0 Å². The molecule has 0 bridgehead atoms. The van der Waals surface area contributed by atoms with Crippen molar-refractivity contribution in [2.24, 2.45) is 0 Å². The molecule has 1 saturated heterocycles. The zero-order valence-electron chi connectivity index (χ0n) is 15.8. The van der Waals surface area contributed by atoms with E-state index in [-0.39, 0.29) is 24.0 Å². The summed E-state index contributed by atoms with van der Waals surface area (Å²) >= 11 is 1.04. The number of thiophene rings is 1. The van der Waals surface area contributed by atoms with Gasteiger partial charge in [-0.05, 0) is 24.3 Å². The Kier molecular flexibility index (Phi) is 5.97. The second-order valence-electron chi connectivity index (χ2n) is 6.54. The number of carbonyl (C=O) groups is 2. The van der Waals surface area contributed by atoms with Gasteiger partial charge in [-0.15, -0.1) is 0 Å². The van der Waals surface area contributed by atoms with E-state index in [2.05, 4.69) is 5.32 Å². The Morgan fingerprint density at radius 2 is 2.21 bits per heavy atom. The first kappa shape index (κ1) is 20.5. The summed E-state index contributed by atoms with van der Waals surface area (Å²) in [6.45, 7) is 2.06. The Balaban J connectivity index is 1.68. The zero-order valence-corrected chi connectivity index (χ0v) is 16.6. The third kappa shape index (κ3) is 4.80. The Labute approximate surface area is 169 Å². The van der Waals surface area contributed by atoms with Gasteiger partial charge in [-0.1, -0.05) is 11.3 Å². The number of amides is 2. The Morgan fingerprint density at radius 3 is 2.83 bits per heavy atom. The molecule has 9 nitrogen and oxygen atoms in total. The third-order valence-corrected chi connectivity index (χ3v) is 5.35. The Morgan fingerprint density at radius 1 is 1.45 bits per heavy atom. The van der Waals surface area contributed by atoms with E-state index in [4.69, 9.17) is 4.74 Å². The van der Waals surface area contributed by atoms with Gasteiger partial charge in [0.2, 0.25) is 5.91 Å². The number of cyclic esters (lactones) is 1. The number of benzene rings is 1. The summed E-state index contributed by atoms with van der Waals surface area (Å²) < 4.78 is 19.9. The van der Waals surface area contributed by atoms with Crippen LogP contribution in [0.2, 0.25) is 0 Å². The van der Waals surface area contributed by atoms with Crippen molar-refractivity contribution in [3.63, 3.8) is 0 Å². The van der Waals surface area contributed by atoms with Gasteiger partial charge in [-0.3, -0.25) is 19.8 Å². The number of carbonyl (C=O) groups excluding carboxylic acids is 2. The molecule has 0 spiro atoms. The van der Waals surface area contributed by atoms with Gasteiger partial charge in [-0.2, -0.15) is 0 Å². The van der Waals surface area contributed by atoms with Crippen LogP contribution in [0.4, 0.5) is 25.6 Å². The number of nitrogens with one attached hydrogen (secondary N) is 1. The van der Waals surface area contributed by atoms with Crippen molar-refractivity contribution in [3.8, 4) is 0 Å². The Hall–Kier alpha value is -3.21. The minimum atomic E-state index is -0.605. The van der Waals surface area contributed by atoms with Crippen molar-refractivity contribution in [3.05, 3.63) is 51.1 Å². The second-order valence-corrected chi connectivity index (χ2v) is 7.69. The quantitative estimate of drug-likeness (QED) is 0.543.